The maximum Gasteiger partial charge on any atom is 0.251 e. The Bertz CT molecular complexity index is 614. The summed E-state index contributed by atoms with van der Waals surface area (Å²) in [6.45, 7) is 0.573. The van der Waals surface area contributed by atoms with Gasteiger partial charge < -0.3 is 5.32 Å². The molecule has 2 aromatic rings. The summed E-state index contributed by atoms with van der Waals surface area (Å²) in [6.07, 6.45) is 0.765. The van der Waals surface area contributed by atoms with Gasteiger partial charge in [0, 0.05) is 20.7 Å². The Morgan fingerprint density at radius 1 is 1.10 bits per heavy atom. The van der Waals surface area contributed by atoms with Crippen molar-refractivity contribution >= 4 is 51.7 Å². The second-order valence-corrected chi connectivity index (χ2v) is 6.27. The van der Waals surface area contributed by atoms with Crippen LogP contribution in [0.2, 0.25) is 10.0 Å². The number of amides is 1. The van der Waals surface area contributed by atoms with Gasteiger partial charge in [-0.3, -0.25) is 4.79 Å². The van der Waals surface area contributed by atoms with E-state index in [2.05, 4.69) is 27.9 Å². The Morgan fingerprint density at radius 3 is 2.45 bits per heavy atom. The molecule has 0 saturated heterocycles. The van der Waals surface area contributed by atoms with Gasteiger partial charge in [0.2, 0.25) is 0 Å². The zero-order chi connectivity index (χ0) is 14.5. The van der Waals surface area contributed by atoms with Gasteiger partial charge in [-0.05, 0) is 64.9 Å². The fourth-order valence-corrected chi connectivity index (χ4v) is 2.35. The molecule has 0 radical (unpaired) electrons. The van der Waals surface area contributed by atoms with Crippen molar-refractivity contribution in [2.45, 2.75) is 6.42 Å². The standard InChI is InChI=1S/C15H12Cl2INO/c16-12-4-1-10(2-5-12)7-8-19-15(20)11-3-6-14(18)13(17)9-11/h1-6,9H,7-8H2,(H,19,20). The van der Waals surface area contributed by atoms with Gasteiger partial charge in [0.1, 0.15) is 0 Å². The second-order valence-electron chi connectivity index (χ2n) is 4.26. The van der Waals surface area contributed by atoms with Gasteiger partial charge in [-0.15, -0.1) is 0 Å². The number of carbonyl (C=O) groups is 1. The number of nitrogens with one attached hydrogen (secondary N) is 1. The molecule has 104 valence electrons. The molecule has 0 bridgehead atoms. The highest BCUT2D eigenvalue weighted by molar-refractivity contribution is 14.1. The van der Waals surface area contributed by atoms with Gasteiger partial charge in [-0.1, -0.05) is 35.3 Å². The van der Waals surface area contributed by atoms with Crippen LogP contribution in [0.25, 0.3) is 0 Å². The van der Waals surface area contributed by atoms with Crippen molar-refractivity contribution in [3.63, 3.8) is 0 Å². The molecule has 0 spiro atoms. The number of halogens is 3. The van der Waals surface area contributed by atoms with Crippen LogP contribution in [0, 0.1) is 3.57 Å². The largest absolute Gasteiger partial charge is 0.352 e. The van der Waals surface area contributed by atoms with Crippen LogP contribution in [0.3, 0.4) is 0 Å². The van der Waals surface area contributed by atoms with Crippen molar-refractivity contribution in [3.05, 3.63) is 67.2 Å². The molecule has 0 aromatic heterocycles. The van der Waals surface area contributed by atoms with Crippen molar-refractivity contribution < 1.29 is 4.79 Å². The molecule has 1 amide bonds. The molecule has 0 atom stereocenters. The van der Waals surface area contributed by atoms with Crippen LogP contribution in [-0.4, -0.2) is 12.5 Å². The van der Waals surface area contributed by atoms with Crippen LogP contribution in [0.1, 0.15) is 15.9 Å². The summed E-state index contributed by atoms with van der Waals surface area (Å²) in [5.74, 6) is -0.114. The van der Waals surface area contributed by atoms with E-state index in [1.807, 2.05) is 30.3 Å². The lowest BCUT2D eigenvalue weighted by atomic mass is 10.1. The van der Waals surface area contributed by atoms with Crippen molar-refractivity contribution in [1.29, 1.82) is 0 Å². The SMILES string of the molecule is O=C(NCCc1ccc(Cl)cc1)c1ccc(I)c(Cl)c1. The predicted octanol–water partition coefficient (Wildman–Crippen LogP) is 4.57. The molecule has 2 rings (SSSR count). The van der Waals surface area contributed by atoms with Crippen molar-refractivity contribution in [2.75, 3.05) is 6.54 Å². The van der Waals surface area contributed by atoms with Gasteiger partial charge >= 0.3 is 0 Å². The molecule has 0 saturated carbocycles. The monoisotopic (exact) mass is 419 g/mol. The zero-order valence-corrected chi connectivity index (χ0v) is 14.2. The summed E-state index contributed by atoms with van der Waals surface area (Å²) < 4.78 is 0.932. The molecular weight excluding hydrogens is 408 g/mol. The third kappa shape index (κ3) is 4.36. The third-order valence-corrected chi connectivity index (χ3v) is 4.62. The molecular formula is C15H12Cl2INO. The van der Waals surface area contributed by atoms with E-state index in [1.54, 1.807) is 12.1 Å². The molecule has 0 fully saturated rings. The molecule has 20 heavy (non-hydrogen) atoms. The molecule has 0 unspecified atom stereocenters. The topological polar surface area (TPSA) is 29.1 Å². The van der Waals surface area contributed by atoms with E-state index in [4.69, 9.17) is 23.2 Å². The maximum atomic E-state index is 12.0. The average molecular weight is 420 g/mol. The van der Waals surface area contributed by atoms with Crippen LogP contribution >= 0.6 is 45.8 Å². The van der Waals surface area contributed by atoms with Crippen LogP contribution in [0.5, 0.6) is 0 Å². The number of carbonyl (C=O) groups excluding carboxylic acids is 1. The van der Waals surface area contributed by atoms with E-state index >= 15 is 0 Å². The van der Waals surface area contributed by atoms with Crippen LogP contribution in [-0.2, 0) is 6.42 Å². The summed E-state index contributed by atoms with van der Waals surface area (Å²) in [5.41, 5.74) is 1.71. The van der Waals surface area contributed by atoms with E-state index in [-0.39, 0.29) is 5.91 Å². The van der Waals surface area contributed by atoms with Crippen LogP contribution in [0.15, 0.2) is 42.5 Å². The van der Waals surface area contributed by atoms with Crippen molar-refractivity contribution in [3.8, 4) is 0 Å². The number of rotatable bonds is 4. The van der Waals surface area contributed by atoms with Gasteiger partial charge in [0.05, 0.1) is 5.02 Å². The highest BCUT2D eigenvalue weighted by Crippen LogP contribution is 2.19. The lowest BCUT2D eigenvalue weighted by Gasteiger charge is -2.06. The average Bonchev–Trinajstić information content (AvgIpc) is 2.44. The summed E-state index contributed by atoms with van der Waals surface area (Å²) >= 11 is 14.0. The Labute approximate surface area is 141 Å². The normalized spacial score (nSPS) is 10.3. The van der Waals surface area contributed by atoms with Gasteiger partial charge in [-0.2, -0.15) is 0 Å². The summed E-state index contributed by atoms with van der Waals surface area (Å²) in [7, 11) is 0. The minimum absolute atomic E-state index is 0.114. The Hall–Kier alpha value is -0.780. The van der Waals surface area contributed by atoms with Gasteiger partial charge in [0.25, 0.3) is 5.91 Å². The lowest BCUT2D eigenvalue weighted by molar-refractivity contribution is 0.0954. The fourth-order valence-electron chi connectivity index (χ4n) is 1.71. The lowest BCUT2D eigenvalue weighted by Crippen LogP contribution is -2.25. The Morgan fingerprint density at radius 2 is 1.80 bits per heavy atom. The highest BCUT2D eigenvalue weighted by Gasteiger charge is 2.07. The first-order valence-electron chi connectivity index (χ1n) is 6.04. The second kappa shape index (κ2) is 7.29. The van der Waals surface area contributed by atoms with Gasteiger partial charge in [-0.25, -0.2) is 0 Å². The van der Waals surface area contributed by atoms with E-state index in [0.29, 0.717) is 22.2 Å². The van der Waals surface area contributed by atoms with E-state index in [9.17, 15) is 4.79 Å². The van der Waals surface area contributed by atoms with E-state index < -0.39 is 0 Å². The molecule has 2 aromatic carbocycles. The maximum absolute atomic E-state index is 12.0. The first-order valence-corrected chi connectivity index (χ1v) is 7.87. The number of hydrogen-bond acceptors (Lipinski definition) is 1. The zero-order valence-electron chi connectivity index (χ0n) is 10.5. The molecule has 0 aliphatic carbocycles. The van der Waals surface area contributed by atoms with Crippen LogP contribution < -0.4 is 5.32 Å². The molecule has 2 nitrogen and oxygen atoms in total. The van der Waals surface area contributed by atoms with Gasteiger partial charge in [0.15, 0.2) is 0 Å². The quantitative estimate of drug-likeness (QED) is 0.722. The molecule has 1 N–H and O–H groups in total. The molecule has 0 aliphatic rings. The fraction of sp³-hybridized carbons (Fsp3) is 0.133. The number of benzene rings is 2. The van der Waals surface area contributed by atoms with E-state index in [0.717, 1.165) is 15.6 Å². The van der Waals surface area contributed by atoms with E-state index in [1.165, 1.54) is 0 Å². The minimum Gasteiger partial charge on any atom is -0.352 e. The minimum atomic E-state index is -0.114. The first kappa shape index (κ1) is 15.6. The Kier molecular flexibility index (Phi) is 5.69. The third-order valence-electron chi connectivity index (χ3n) is 2.79. The predicted molar refractivity (Wildman–Crippen MR) is 91.7 cm³/mol. The summed E-state index contributed by atoms with van der Waals surface area (Å²) in [6, 6.07) is 12.9. The number of hydrogen-bond donors (Lipinski definition) is 1. The molecule has 0 aliphatic heterocycles. The highest BCUT2D eigenvalue weighted by atomic mass is 127. The summed E-state index contributed by atoms with van der Waals surface area (Å²) in [4.78, 5) is 12.0. The molecule has 0 heterocycles. The Balaban J connectivity index is 1.88. The summed E-state index contributed by atoms with van der Waals surface area (Å²) in [5, 5.41) is 4.18. The van der Waals surface area contributed by atoms with Crippen LogP contribution in [0.4, 0.5) is 0 Å². The van der Waals surface area contributed by atoms with Crippen molar-refractivity contribution in [2.24, 2.45) is 0 Å². The molecule has 5 heteroatoms. The van der Waals surface area contributed by atoms with Crippen molar-refractivity contribution in [1.82, 2.24) is 5.32 Å². The first-order chi connectivity index (χ1) is 9.56. The smallest absolute Gasteiger partial charge is 0.251 e.